The molecule has 0 aromatic heterocycles. The number of para-hydroxylation sites is 3. The van der Waals surface area contributed by atoms with Gasteiger partial charge in [-0.05, 0) is 24.3 Å². The van der Waals surface area contributed by atoms with E-state index in [1.165, 1.54) is 22.5 Å². The number of ether oxygens (including phenoxy) is 1. The van der Waals surface area contributed by atoms with Gasteiger partial charge in [0.2, 0.25) is 0 Å². The lowest BCUT2D eigenvalue weighted by Gasteiger charge is -2.22. The van der Waals surface area contributed by atoms with Crippen LogP contribution in [0.25, 0.3) is 0 Å². The van der Waals surface area contributed by atoms with Gasteiger partial charge in [0.15, 0.2) is 0 Å². The van der Waals surface area contributed by atoms with Crippen LogP contribution in [-0.2, 0) is 14.9 Å². The van der Waals surface area contributed by atoms with Crippen LogP contribution in [0.15, 0.2) is 48.5 Å². The second kappa shape index (κ2) is 7.08. The molecule has 1 heterocycles. The van der Waals surface area contributed by atoms with E-state index in [1.807, 2.05) is 0 Å². The number of anilines is 3. The number of rotatable bonds is 6. The van der Waals surface area contributed by atoms with E-state index in [0.29, 0.717) is 23.3 Å². The van der Waals surface area contributed by atoms with E-state index in [0.717, 1.165) is 4.31 Å². The van der Waals surface area contributed by atoms with Crippen molar-refractivity contribution >= 4 is 43.2 Å². The predicted octanol–water partition coefficient (Wildman–Crippen LogP) is 3.44. The number of nitrogens with zero attached hydrogens (tertiary/aromatic N) is 2. The Kier molecular flexibility index (Phi) is 5.07. The van der Waals surface area contributed by atoms with Crippen LogP contribution in [0.4, 0.5) is 21.5 Å². The van der Waals surface area contributed by atoms with Gasteiger partial charge in [-0.1, -0.05) is 40.2 Å². The number of benzene rings is 2. The lowest BCUT2D eigenvalue weighted by Crippen LogP contribution is -2.37. The Bertz CT molecular complexity index is 832. The normalized spacial score (nSPS) is 15.6. The number of fused-ring (bicyclic) bond motifs is 1. The van der Waals surface area contributed by atoms with Crippen LogP contribution in [0, 0.1) is 5.82 Å². The topological polar surface area (TPSA) is 49.9 Å². The van der Waals surface area contributed by atoms with Gasteiger partial charge >= 0.3 is 10.2 Å². The molecule has 0 radical (unpaired) electrons. The zero-order chi connectivity index (χ0) is 17.2. The second-order valence-electron chi connectivity index (χ2n) is 5.09. The minimum Gasteiger partial charge on any atom is -0.379 e. The molecule has 0 unspecified atom stereocenters. The molecule has 0 amide bonds. The Labute approximate surface area is 149 Å². The Balaban J connectivity index is 2.01. The number of alkyl halides is 1. The molecule has 0 saturated heterocycles. The molecule has 0 atom stereocenters. The fourth-order valence-corrected chi connectivity index (χ4v) is 4.54. The molecule has 0 bridgehead atoms. The van der Waals surface area contributed by atoms with Gasteiger partial charge in [0, 0.05) is 5.33 Å². The molecule has 0 saturated carbocycles. The van der Waals surface area contributed by atoms with Crippen LogP contribution in [-0.4, -0.2) is 33.5 Å². The van der Waals surface area contributed by atoms with Crippen LogP contribution < -0.4 is 8.61 Å². The SMILES string of the molecule is O=S1(=O)N(CCOCCBr)c2ccccc2N1c1ccccc1F. The molecule has 1 aliphatic rings. The van der Waals surface area contributed by atoms with Gasteiger partial charge in [-0.3, -0.25) is 0 Å². The summed E-state index contributed by atoms with van der Waals surface area (Å²) >= 11 is 3.25. The number of halogens is 2. The van der Waals surface area contributed by atoms with Crippen LogP contribution in [0.1, 0.15) is 0 Å². The quantitative estimate of drug-likeness (QED) is 0.537. The van der Waals surface area contributed by atoms with Crippen molar-refractivity contribution in [2.45, 2.75) is 0 Å². The van der Waals surface area contributed by atoms with E-state index in [1.54, 1.807) is 30.3 Å². The van der Waals surface area contributed by atoms with Crippen LogP contribution in [0.5, 0.6) is 0 Å². The lowest BCUT2D eigenvalue weighted by atomic mass is 10.2. The Hall–Kier alpha value is -1.64. The van der Waals surface area contributed by atoms with Gasteiger partial charge in [-0.15, -0.1) is 0 Å². The molecule has 3 rings (SSSR count). The van der Waals surface area contributed by atoms with E-state index in [-0.39, 0.29) is 18.8 Å². The molecule has 2 aromatic rings. The summed E-state index contributed by atoms with van der Waals surface area (Å²) in [5.74, 6) is -0.590. The molecule has 8 heteroatoms. The van der Waals surface area contributed by atoms with E-state index < -0.39 is 16.0 Å². The Morgan fingerprint density at radius 3 is 2.25 bits per heavy atom. The van der Waals surface area contributed by atoms with Gasteiger partial charge < -0.3 is 4.74 Å². The minimum absolute atomic E-state index is 0.00817. The summed E-state index contributed by atoms with van der Waals surface area (Å²) in [6.45, 7) is 0.911. The monoisotopic (exact) mass is 414 g/mol. The second-order valence-corrected chi connectivity index (χ2v) is 7.58. The third kappa shape index (κ3) is 3.01. The first kappa shape index (κ1) is 17.2. The molecule has 0 spiro atoms. The highest BCUT2D eigenvalue weighted by Gasteiger charge is 2.41. The van der Waals surface area contributed by atoms with Crippen molar-refractivity contribution in [1.82, 2.24) is 0 Å². The highest BCUT2D eigenvalue weighted by Crippen LogP contribution is 2.45. The van der Waals surface area contributed by atoms with Crippen LogP contribution in [0.2, 0.25) is 0 Å². The highest BCUT2D eigenvalue weighted by molar-refractivity contribution is 9.09. The number of hydrogen-bond donors (Lipinski definition) is 0. The molecule has 0 N–H and O–H groups in total. The maximum atomic E-state index is 14.2. The van der Waals surface area contributed by atoms with Gasteiger partial charge in [0.1, 0.15) is 5.82 Å². The summed E-state index contributed by atoms with van der Waals surface area (Å²) < 4.78 is 47.8. The van der Waals surface area contributed by atoms with Gasteiger partial charge in [0.25, 0.3) is 0 Å². The molecular weight excluding hydrogens is 399 g/mol. The number of hydrogen-bond acceptors (Lipinski definition) is 3. The van der Waals surface area contributed by atoms with Crippen molar-refractivity contribution in [2.24, 2.45) is 0 Å². The molecule has 5 nitrogen and oxygen atoms in total. The maximum absolute atomic E-state index is 14.2. The first-order valence-corrected chi connectivity index (χ1v) is 9.89. The zero-order valence-electron chi connectivity index (χ0n) is 12.7. The highest BCUT2D eigenvalue weighted by atomic mass is 79.9. The molecule has 0 aliphatic carbocycles. The summed E-state index contributed by atoms with van der Waals surface area (Å²) in [4.78, 5) is 0. The Morgan fingerprint density at radius 2 is 1.58 bits per heavy atom. The summed E-state index contributed by atoms with van der Waals surface area (Å²) in [5.41, 5.74) is 0.958. The third-order valence-electron chi connectivity index (χ3n) is 3.61. The first-order valence-electron chi connectivity index (χ1n) is 7.37. The molecule has 2 aromatic carbocycles. The van der Waals surface area contributed by atoms with Gasteiger partial charge in [0.05, 0.1) is 36.8 Å². The third-order valence-corrected chi connectivity index (χ3v) is 5.72. The lowest BCUT2D eigenvalue weighted by molar-refractivity contribution is 0.159. The van der Waals surface area contributed by atoms with E-state index in [4.69, 9.17) is 4.74 Å². The maximum Gasteiger partial charge on any atom is 0.331 e. The fourth-order valence-electron chi connectivity index (χ4n) is 2.60. The molecular formula is C16H16BrFN2O3S. The summed E-state index contributed by atoms with van der Waals surface area (Å²) in [7, 11) is -3.91. The molecule has 24 heavy (non-hydrogen) atoms. The van der Waals surface area contributed by atoms with Crippen molar-refractivity contribution in [3.05, 3.63) is 54.3 Å². The van der Waals surface area contributed by atoms with Crippen molar-refractivity contribution in [2.75, 3.05) is 33.7 Å². The van der Waals surface area contributed by atoms with Crippen molar-refractivity contribution < 1.29 is 17.5 Å². The predicted molar refractivity (Wildman–Crippen MR) is 95.9 cm³/mol. The van der Waals surface area contributed by atoms with Gasteiger partial charge in [-0.25, -0.2) is 13.0 Å². The zero-order valence-corrected chi connectivity index (χ0v) is 15.1. The molecule has 128 valence electrons. The van der Waals surface area contributed by atoms with Crippen molar-refractivity contribution in [3.8, 4) is 0 Å². The smallest absolute Gasteiger partial charge is 0.331 e. The van der Waals surface area contributed by atoms with Crippen molar-refractivity contribution in [3.63, 3.8) is 0 Å². The van der Waals surface area contributed by atoms with Gasteiger partial charge in [-0.2, -0.15) is 8.42 Å². The molecule has 0 fully saturated rings. The fraction of sp³-hybridized carbons (Fsp3) is 0.250. The minimum atomic E-state index is -3.91. The Morgan fingerprint density at radius 1 is 0.958 bits per heavy atom. The average molecular weight is 415 g/mol. The summed E-state index contributed by atoms with van der Waals surface area (Å²) in [5, 5.41) is 0.678. The standard InChI is InChI=1S/C16H16BrFN2O3S/c17-9-11-23-12-10-19-15-7-3-4-8-16(15)20(24(19,21)22)14-6-2-1-5-13(14)18/h1-8H,9-12H2. The van der Waals surface area contributed by atoms with Crippen LogP contribution >= 0.6 is 15.9 Å². The van der Waals surface area contributed by atoms with E-state index in [9.17, 15) is 12.8 Å². The average Bonchev–Trinajstić information content (AvgIpc) is 2.79. The largest absolute Gasteiger partial charge is 0.379 e. The van der Waals surface area contributed by atoms with E-state index >= 15 is 0 Å². The van der Waals surface area contributed by atoms with E-state index in [2.05, 4.69) is 15.9 Å². The molecule has 1 aliphatic heterocycles. The van der Waals surface area contributed by atoms with Crippen LogP contribution in [0.3, 0.4) is 0 Å². The van der Waals surface area contributed by atoms with Crippen molar-refractivity contribution in [1.29, 1.82) is 0 Å². The first-order chi connectivity index (χ1) is 11.6. The summed E-state index contributed by atoms with van der Waals surface area (Å²) in [6, 6.07) is 12.7. The summed E-state index contributed by atoms with van der Waals surface area (Å²) in [6.07, 6.45) is 0.